The molecular weight excluding hydrogens is 239 g/mol. The molecule has 4 atom stereocenters. The quantitative estimate of drug-likeness (QED) is 0.907. The van der Waals surface area contributed by atoms with Gasteiger partial charge in [-0.15, -0.1) is 0 Å². The number of likely N-dealkylation sites (tertiary alicyclic amines) is 1. The van der Waals surface area contributed by atoms with Gasteiger partial charge < -0.3 is 10.6 Å². The van der Waals surface area contributed by atoms with Gasteiger partial charge in [-0.2, -0.15) is 0 Å². The van der Waals surface area contributed by atoms with Gasteiger partial charge in [0.05, 0.1) is 0 Å². The van der Waals surface area contributed by atoms with E-state index in [1.807, 2.05) is 12.1 Å². The Morgan fingerprint density at radius 1 is 1.26 bits per heavy atom. The van der Waals surface area contributed by atoms with Crippen molar-refractivity contribution in [1.29, 1.82) is 0 Å². The summed E-state index contributed by atoms with van der Waals surface area (Å²) in [5, 5.41) is 0. The van der Waals surface area contributed by atoms with Gasteiger partial charge >= 0.3 is 0 Å². The lowest BCUT2D eigenvalue weighted by atomic mass is 9.98. The fourth-order valence-corrected chi connectivity index (χ4v) is 3.83. The third-order valence-corrected chi connectivity index (χ3v) is 4.96. The van der Waals surface area contributed by atoms with Crippen molar-refractivity contribution >= 4 is 0 Å². The first-order valence-electron chi connectivity index (χ1n) is 7.37. The molecule has 0 bridgehead atoms. The van der Waals surface area contributed by atoms with Crippen molar-refractivity contribution in [3.8, 4) is 0 Å². The maximum Gasteiger partial charge on any atom is 0.123 e. The Hall–Kier alpha value is -0.930. The van der Waals surface area contributed by atoms with Crippen LogP contribution < -0.4 is 5.73 Å². The van der Waals surface area contributed by atoms with Crippen LogP contribution in [0.1, 0.15) is 31.2 Å². The first-order chi connectivity index (χ1) is 9.13. The lowest BCUT2D eigenvalue weighted by molar-refractivity contribution is 0.291. The summed E-state index contributed by atoms with van der Waals surface area (Å²) in [4.78, 5) is 2.54. The minimum absolute atomic E-state index is 0.155. The Bertz CT molecular complexity index is 431. The van der Waals surface area contributed by atoms with Gasteiger partial charge in [0.2, 0.25) is 0 Å². The maximum atomic E-state index is 12.9. The lowest BCUT2D eigenvalue weighted by Crippen LogP contribution is -2.31. The molecule has 1 aromatic carbocycles. The third kappa shape index (κ3) is 2.67. The Balaban J connectivity index is 1.59. The summed E-state index contributed by atoms with van der Waals surface area (Å²) >= 11 is 0. The Kier molecular flexibility index (Phi) is 3.59. The van der Waals surface area contributed by atoms with E-state index < -0.39 is 0 Å². The molecule has 3 rings (SSSR count). The molecule has 4 unspecified atom stereocenters. The highest BCUT2D eigenvalue weighted by Crippen LogP contribution is 2.37. The van der Waals surface area contributed by atoms with Crippen LogP contribution in [-0.4, -0.2) is 30.6 Å². The maximum absolute atomic E-state index is 12.9. The summed E-state index contributed by atoms with van der Waals surface area (Å²) in [5.74, 6) is 1.82. The molecule has 2 aliphatic rings. The summed E-state index contributed by atoms with van der Waals surface area (Å²) in [5.41, 5.74) is 7.40. The number of halogens is 1. The fourth-order valence-electron chi connectivity index (χ4n) is 3.83. The number of hydrogen-bond donors (Lipinski definition) is 1. The van der Waals surface area contributed by atoms with Crippen LogP contribution in [0.25, 0.3) is 0 Å². The molecule has 1 saturated heterocycles. The molecule has 1 aliphatic carbocycles. The van der Waals surface area contributed by atoms with Crippen LogP contribution in [0.5, 0.6) is 0 Å². The zero-order chi connectivity index (χ0) is 13.4. The highest BCUT2D eigenvalue weighted by Gasteiger charge is 2.40. The molecule has 1 aliphatic heterocycles. The standard InChI is InChI=1S/C16H23FN2/c1-11(12-2-5-14(17)6-3-12)8-19-9-13-4-7-16(18)15(13)10-19/h2-3,5-6,11,13,15-16H,4,7-10,18H2,1H3. The lowest BCUT2D eigenvalue weighted by Gasteiger charge is -2.22. The van der Waals surface area contributed by atoms with Crippen molar-refractivity contribution in [3.63, 3.8) is 0 Å². The van der Waals surface area contributed by atoms with E-state index in [0.717, 1.165) is 19.0 Å². The number of rotatable bonds is 3. The van der Waals surface area contributed by atoms with Crippen molar-refractivity contribution in [2.75, 3.05) is 19.6 Å². The van der Waals surface area contributed by atoms with Gasteiger partial charge in [0.15, 0.2) is 0 Å². The molecule has 1 saturated carbocycles. The summed E-state index contributed by atoms with van der Waals surface area (Å²) in [6.07, 6.45) is 2.50. The molecule has 0 aromatic heterocycles. The van der Waals surface area contributed by atoms with E-state index in [4.69, 9.17) is 5.73 Å². The molecule has 2 nitrogen and oxygen atoms in total. The van der Waals surface area contributed by atoms with E-state index in [1.54, 1.807) is 12.1 Å². The van der Waals surface area contributed by atoms with Crippen LogP contribution in [0.4, 0.5) is 4.39 Å². The van der Waals surface area contributed by atoms with Crippen molar-refractivity contribution in [3.05, 3.63) is 35.6 Å². The van der Waals surface area contributed by atoms with Gasteiger partial charge in [-0.1, -0.05) is 19.1 Å². The average Bonchev–Trinajstić information content (AvgIpc) is 2.93. The molecule has 1 heterocycles. The largest absolute Gasteiger partial charge is 0.327 e. The molecule has 19 heavy (non-hydrogen) atoms. The van der Waals surface area contributed by atoms with Crippen LogP contribution in [0.2, 0.25) is 0 Å². The smallest absolute Gasteiger partial charge is 0.123 e. The monoisotopic (exact) mass is 262 g/mol. The van der Waals surface area contributed by atoms with E-state index in [-0.39, 0.29) is 5.82 Å². The number of benzene rings is 1. The minimum atomic E-state index is -0.155. The first-order valence-corrected chi connectivity index (χ1v) is 7.37. The second-order valence-electron chi connectivity index (χ2n) is 6.34. The SMILES string of the molecule is CC(CN1CC2CCC(N)C2C1)c1ccc(F)cc1. The summed E-state index contributed by atoms with van der Waals surface area (Å²) in [6, 6.07) is 7.34. The van der Waals surface area contributed by atoms with Gasteiger partial charge in [-0.25, -0.2) is 4.39 Å². The second-order valence-corrected chi connectivity index (χ2v) is 6.34. The highest BCUT2D eigenvalue weighted by atomic mass is 19.1. The molecule has 0 amide bonds. The van der Waals surface area contributed by atoms with Crippen molar-refractivity contribution in [1.82, 2.24) is 4.90 Å². The average molecular weight is 262 g/mol. The molecule has 3 heteroatoms. The van der Waals surface area contributed by atoms with Gasteiger partial charge in [0, 0.05) is 25.7 Å². The number of nitrogens with two attached hydrogens (primary N) is 1. The summed E-state index contributed by atoms with van der Waals surface area (Å²) in [7, 11) is 0. The van der Waals surface area contributed by atoms with E-state index >= 15 is 0 Å². The normalized spacial score (nSPS) is 32.5. The zero-order valence-corrected chi connectivity index (χ0v) is 11.6. The van der Waals surface area contributed by atoms with Crippen LogP contribution >= 0.6 is 0 Å². The Morgan fingerprint density at radius 3 is 2.68 bits per heavy atom. The number of nitrogens with zero attached hydrogens (tertiary/aromatic N) is 1. The number of fused-ring (bicyclic) bond motifs is 1. The zero-order valence-electron chi connectivity index (χ0n) is 11.6. The molecule has 0 radical (unpaired) electrons. The van der Waals surface area contributed by atoms with Gasteiger partial charge in [0.1, 0.15) is 5.82 Å². The van der Waals surface area contributed by atoms with E-state index in [0.29, 0.717) is 17.9 Å². The van der Waals surface area contributed by atoms with Crippen molar-refractivity contribution in [2.45, 2.75) is 31.7 Å². The van der Waals surface area contributed by atoms with Crippen LogP contribution in [0.15, 0.2) is 24.3 Å². The molecular formula is C16H23FN2. The molecule has 0 spiro atoms. The Morgan fingerprint density at radius 2 is 2.00 bits per heavy atom. The molecule has 2 N–H and O–H groups in total. The van der Waals surface area contributed by atoms with E-state index in [2.05, 4.69) is 11.8 Å². The minimum Gasteiger partial charge on any atom is -0.327 e. The van der Waals surface area contributed by atoms with Crippen molar-refractivity contribution < 1.29 is 4.39 Å². The van der Waals surface area contributed by atoms with Gasteiger partial charge in [0.25, 0.3) is 0 Å². The molecule has 104 valence electrons. The number of hydrogen-bond acceptors (Lipinski definition) is 2. The topological polar surface area (TPSA) is 29.3 Å². The second kappa shape index (κ2) is 5.22. The predicted octanol–water partition coefficient (Wildman–Crippen LogP) is 2.60. The first kappa shape index (κ1) is 13.1. The summed E-state index contributed by atoms with van der Waals surface area (Å²) in [6.45, 7) is 5.63. The third-order valence-electron chi connectivity index (χ3n) is 4.96. The fraction of sp³-hybridized carbons (Fsp3) is 0.625. The van der Waals surface area contributed by atoms with Gasteiger partial charge in [-0.3, -0.25) is 0 Å². The van der Waals surface area contributed by atoms with Crippen LogP contribution in [0, 0.1) is 17.7 Å². The molecule has 2 fully saturated rings. The van der Waals surface area contributed by atoms with E-state index in [1.165, 1.54) is 24.9 Å². The molecule has 1 aromatic rings. The van der Waals surface area contributed by atoms with Gasteiger partial charge in [-0.05, 0) is 48.3 Å². The Labute approximate surface area is 114 Å². The van der Waals surface area contributed by atoms with Crippen LogP contribution in [-0.2, 0) is 0 Å². The highest BCUT2D eigenvalue weighted by molar-refractivity contribution is 5.20. The van der Waals surface area contributed by atoms with Crippen molar-refractivity contribution in [2.24, 2.45) is 17.6 Å². The van der Waals surface area contributed by atoms with Crippen LogP contribution in [0.3, 0.4) is 0 Å². The van der Waals surface area contributed by atoms with E-state index in [9.17, 15) is 4.39 Å². The predicted molar refractivity (Wildman–Crippen MR) is 75.4 cm³/mol. The summed E-state index contributed by atoms with van der Waals surface area (Å²) < 4.78 is 12.9.